The summed E-state index contributed by atoms with van der Waals surface area (Å²) >= 11 is 0. The van der Waals surface area contributed by atoms with Crippen LogP contribution >= 0.6 is 0 Å². The normalized spacial score (nSPS) is 13.8. The fraction of sp³-hybridized carbons (Fsp3) is 0.562. The Labute approximate surface area is 121 Å². The lowest BCUT2D eigenvalue weighted by atomic mass is 9.79. The van der Waals surface area contributed by atoms with Crippen molar-refractivity contribution in [2.24, 2.45) is 0 Å². The Morgan fingerprint density at radius 1 is 1.15 bits per heavy atom. The Balaban J connectivity index is 2.95. The molecule has 0 saturated carbocycles. The van der Waals surface area contributed by atoms with Gasteiger partial charge in [-0.3, -0.25) is 4.79 Å². The number of rotatable bonds is 9. The fourth-order valence-corrected chi connectivity index (χ4v) is 2.09. The monoisotopic (exact) mass is 280 g/mol. The smallest absolute Gasteiger partial charge is 0.142 e. The summed E-state index contributed by atoms with van der Waals surface area (Å²) in [6.07, 6.45) is 0.811. The zero-order valence-corrected chi connectivity index (χ0v) is 12.8. The topological polar surface area (TPSA) is 44.8 Å². The molecular formula is C16H24O4. The number of carbonyl (C=O) groups excluding carboxylic acids is 1. The molecule has 0 aliphatic heterocycles. The molecule has 4 heteroatoms. The first-order chi connectivity index (χ1) is 9.56. The van der Waals surface area contributed by atoms with Crippen LogP contribution in [0.15, 0.2) is 24.3 Å². The van der Waals surface area contributed by atoms with E-state index in [0.29, 0.717) is 19.8 Å². The van der Waals surface area contributed by atoms with Gasteiger partial charge in [-0.1, -0.05) is 18.2 Å². The van der Waals surface area contributed by atoms with Crippen LogP contribution in [0.2, 0.25) is 0 Å². The molecule has 1 aromatic rings. The van der Waals surface area contributed by atoms with Gasteiger partial charge in [-0.15, -0.1) is 0 Å². The standard InChI is InChI=1S/C16H24O4/c1-13(17)16(2,12-19-4)14-8-5-6-9-15(14)20-11-7-10-18-3/h5-6,8-9H,7,10-12H2,1-4H3. The van der Waals surface area contributed by atoms with E-state index in [1.54, 1.807) is 21.1 Å². The third-order valence-electron chi connectivity index (χ3n) is 3.44. The second kappa shape index (κ2) is 8.02. The minimum atomic E-state index is -0.688. The van der Waals surface area contributed by atoms with Crippen LogP contribution in [-0.4, -0.2) is 39.8 Å². The number of methoxy groups -OCH3 is 2. The number of para-hydroxylation sites is 1. The van der Waals surface area contributed by atoms with Gasteiger partial charge in [0, 0.05) is 32.8 Å². The summed E-state index contributed by atoms with van der Waals surface area (Å²) in [4.78, 5) is 12.0. The van der Waals surface area contributed by atoms with E-state index in [2.05, 4.69) is 0 Å². The van der Waals surface area contributed by atoms with Crippen LogP contribution in [0.4, 0.5) is 0 Å². The number of ketones is 1. The molecule has 1 aromatic carbocycles. The minimum absolute atomic E-state index is 0.0623. The highest BCUT2D eigenvalue weighted by molar-refractivity contribution is 5.88. The minimum Gasteiger partial charge on any atom is -0.493 e. The lowest BCUT2D eigenvalue weighted by molar-refractivity contribution is -0.123. The van der Waals surface area contributed by atoms with Crippen molar-refractivity contribution in [3.8, 4) is 5.75 Å². The molecule has 0 heterocycles. The first-order valence-electron chi connectivity index (χ1n) is 6.77. The Bertz CT molecular complexity index is 430. The molecule has 0 amide bonds. The van der Waals surface area contributed by atoms with E-state index in [1.807, 2.05) is 31.2 Å². The Hall–Kier alpha value is -1.39. The van der Waals surface area contributed by atoms with E-state index in [1.165, 1.54) is 0 Å². The van der Waals surface area contributed by atoms with E-state index >= 15 is 0 Å². The third kappa shape index (κ3) is 4.05. The summed E-state index contributed by atoms with van der Waals surface area (Å²) in [6.45, 7) is 5.02. The van der Waals surface area contributed by atoms with Crippen molar-refractivity contribution in [3.63, 3.8) is 0 Å². The molecule has 20 heavy (non-hydrogen) atoms. The van der Waals surface area contributed by atoms with Crippen LogP contribution in [-0.2, 0) is 19.7 Å². The van der Waals surface area contributed by atoms with Gasteiger partial charge in [-0.2, -0.15) is 0 Å². The van der Waals surface area contributed by atoms with Gasteiger partial charge in [0.2, 0.25) is 0 Å². The zero-order chi connectivity index (χ0) is 15.0. The molecule has 0 aromatic heterocycles. The molecular weight excluding hydrogens is 256 g/mol. The van der Waals surface area contributed by atoms with Crippen molar-refractivity contribution >= 4 is 5.78 Å². The summed E-state index contributed by atoms with van der Waals surface area (Å²) in [5.41, 5.74) is 0.179. The van der Waals surface area contributed by atoms with Crippen molar-refractivity contribution in [2.45, 2.75) is 25.7 Å². The maximum absolute atomic E-state index is 12.0. The van der Waals surface area contributed by atoms with E-state index in [0.717, 1.165) is 17.7 Å². The number of carbonyl (C=O) groups is 1. The van der Waals surface area contributed by atoms with Crippen molar-refractivity contribution in [1.29, 1.82) is 0 Å². The van der Waals surface area contributed by atoms with Crippen LogP contribution in [0.1, 0.15) is 25.8 Å². The Morgan fingerprint density at radius 2 is 1.85 bits per heavy atom. The number of hydrogen-bond donors (Lipinski definition) is 0. The first-order valence-corrected chi connectivity index (χ1v) is 6.77. The largest absolute Gasteiger partial charge is 0.493 e. The lowest BCUT2D eigenvalue weighted by Crippen LogP contribution is -2.36. The van der Waals surface area contributed by atoms with Crippen LogP contribution in [0, 0.1) is 0 Å². The maximum Gasteiger partial charge on any atom is 0.142 e. The van der Waals surface area contributed by atoms with E-state index in [4.69, 9.17) is 14.2 Å². The van der Waals surface area contributed by atoms with Crippen molar-refractivity contribution in [2.75, 3.05) is 34.0 Å². The highest BCUT2D eigenvalue weighted by atomic mass is 16.5. The second-order valence-electron chi connectivity index (χ2n) is 5.01. The third-order valence-corrected chi connectivity index (χ3v) is 3.44. The van der Waals surface area contributed by atoms with E-state index < -0.39 is 5.41 Å². The van der Waals surface area contributed by atoms with Gasteiger partial charge in [0.1, 0.15) is 11.5 Å². The molecule has 0 fully saturated rings. The summed E-state index contributed by atoms with van der Waals surface area (Å²) < 4.78 is 16.0. The van der Waals surface area contributed by atoms with Gasteiger partial charge in [-0.05, 0) is 19.9 Å². The number of Topliss-reactive ketones (excluding diaryl/α,β-unsaturated/α-hetero) is 1. The highest BCUT2D eigenvalue weighted by Crippen LogP contribution is 2.33. The number of benzene rings is 1. The van der Waals surface area contributed by atoms with Gasteiger partial charge < -0.3 is 14.2 Å². The second-order valence-corrected chi connectivity index (χ2v) is 5.01. The van der Waals surface area contributed by atoms with Crippen molar-refractivity contribution < 1.29 is 19.0 Å². The predicted molar refractivity (Wildman–Crippen MR) is 78.3 cm³/mol. The molecule has 0 aliphatic rings. The van der Waals surface area contributed by atoms with Gasteiger partial charge in [-0.25, -0.2) is 0 Å². The lowest BCUT2D eigenvalue weighted by Gasteiger charge is -2.28. The molecule has 0 saturated heterocycles. The molecule has 0 spiro atoms. The molecule has 0 N–H and O–H groups in total. The summed E-state index contributed by atoms with van der Waals surface area (Å²) in [6, 6.07) is 7.63. The number of ether oxygens (including phenoxy) is 3. The van der Waals surface area contributed by atoms with Gasteiger partial charge in [0.15, 0.2) is 0 Å². The van der Waals surface area contributed by atoms with E-state index in [-0.39, 0.29) is 5.78 Å². The van der Waals surface area contributed by atoms with Crippen molar-refractivity contribution in [1.82, 2.24) is 0 Å². The summed E-state index contributed by atoms with van der Waals surface area (Å²) in [5, 5.41) is 0. The van der Waals surface area contributed by atoms with E-state index in [9.17, 15) is 4.79 Å². The van der Waals surface area contributed by atoms with Crippen LogP contribution < -0.4 is 4.74 Å². The average Bonchev–Trinajstić information content (AvgIpc) is 2.44. The molecule has 1 unspecified atom stereocenters. The van der Waals surface area contributed by atoms with Crippen LogP contribution in [0.3, 0.4) is 0 Å². The summed E-state index contributed by atoms with van der Waals surface area (Å²) in [5.74, 6) is 0.797. The molecule has 0 aliphatic carbocycles. The molecule has 0 radical (unpaired) electrons. The average molecular weight is 280 g/mol. The Morgan fingerprint density at radius 3 is 2.45 bits per heavy atom. The van der Waals surface area contributed by atoms with Crippen molar-refractivity contribution in [3.05, 3.63) is 29.8 Å². The van der Waals surface area contributed by atoms with Crippen LogP contribution in [0.5, 0.6) is 5.75 Å². The molecule has 0 bridgehead atoms. The SMILES string of the molecule is COCCCOc1ccccc1C(C)(COC)C(C)=O. The molecule has 112 valence electrons. The maximum atomic E-state index is 12.0. The Kier molecular flexibility index (Phi) is 6.68. The van der Waals surface area contributed by atoms with Gasteiger partial charge in [0.25, 0.3) is 0 Å². The summed E-state index contributed by atoms with van der Waals surface area (Å²) in [7, 11) is 3.27. The molecule has 1 atom stereocenters. The number of hydrogen-bond acceptors (Lipinski definition) is 4. The first kappa shape index (κ1) is 16.7. The predicted octanol–water partition coefficient (Wildman–Crippen LogP) is 2.60. The highest BCUT2D eigenvalue weighted by Gasteiger charge is 2.34. The quantitative estimate of drug-likeness (QED) is 0.652. The van der Waals surface area contributed by atoms with Gasteiger partial charge >= 0.3 is 0 Å². The molecule has 4 nitrogen and oxygen atoms in total. The van der Waals surface area contributed by atoms with Crippen LogP contribution in [0.25, 0.3) is 0 Å². The zero-order valence-electron chi connectivity index (χ0n) is 12.8. The molecule has 1 rings (SSSR count). The fourth-order valence-electron chi connectivity index (χ4n) is 2.09. The van der Waals surface area contributed by atoms with Gasteiger partial charge in [0.05, 0.1) is 18.6 Å².